The molecular weight excluding hydrogens is 420 g/mol. The Bertz CT molecular complexity index is 649. The molecular formula is C20H26BrF2NO3. The fourth-order valence-corrected chi connectivity index (χ4v) is 4.39. The van der Waals surface area contributed by atoms with E-state index in [0.717, 1.165) is 36.8 Å². The van der Waals surface area contributed by atoms with Crippen LogP contribution in [0.25, 0.3) is 0 Å². The summed E-state index contributed by atoms with van der Waals surface area (Å²) in [5.41, 5.74) is -1.74. The molecule has 2 aliphatic rings. The van der Waals surface area contributed by atoms with Crippen LogP contribution in [0.3, 0.4) is 0 Å². The van der Waals surface area contributed by atoms with Crippen molar-refractivity contribution in [2.24, 2.45) is 11.8 Å². The van der Waals surface area contributed by atoms with Gasteiger partial charge >= 0.3 is 5.97 Å². The number of piperidine rings is 1. The van der Waals surface area contributed by atoms with Crippen LogP contribution in [0.2, 0.25) is 0 Å². The molecule has 1 saturated heterocycles. The summed E-state index contributed by atoms with van der Waals surface area (Å²) in [6.07, 6.45) is 2.04. The standard InChI is InChI=1S/C20H26BrF2NO3/c21-17-3-1-15(2-4-17)20(26,16-5-9-19(22,23)13-16)18(25)27-12-8-14-6-10-24-11-7-14/h1-4,14,16,24,26H,5-13H2/t16-,20+/m1/s1. The van der Waals surface area contributed by atoms with Crippen LogP contribution < -0.4 is 5.32 Å². The van der Waals surface area contributed by atoms with Gasteiger partial charge < -0.3 is 15.2 Å². The minimum atomic E-state index is -2.86. The van der Waals surface area contributed by atoms with E-state index in [4.69, 9.17) is 4.74 Å². The molecule has 0 amide bonds. The molecule has 3 rings (SSSR count). The highest BCUT2D eigenvalue weighted by molar-refractivity contribution is 9.10. The lowest BCUT2D eigenvalue weighted by Crippen LogP contribution is -2.44. The summed E-state index contributed by atoms with van der Waals surface area (Å²) >= 11 is 3.31. The second-order valence-corrected chi connectivity index (χ2v) is 8.60. The average Bonchev–Trinajstić information content (AvgIpc) is 3.02. The molecule has 1 saturated carbocycles. The second-order valence-electron chi connectivity index (χ2n) is 7.69. The molecule has 1 aliphatic heterocycles. The van der Waals surface area contributed by atoms with Gasteiger partial charge in [-0.1, -0.05) is 28.1 Å². The molecule has 0 radical (unpaired) electrons. The number of carbonyl (C=O) groups excluding carboxylic acids is 1. The minimum Gasteiger partial charge on any atom is -0.463 e. The fraction of sp³-hybridized carbons (Fsp3) is 0.650. The number of halogens is 3. The first kappa shape index (κ1) is 20.7. The zero-order valence-corrected chi connectivity index (χ0v) is 16.8. The lowest BCUT2D eigenvalue weighted by atomic mass is 9.80. The van der Waals surface area contributed by atoms with E-state index in [1.807, 2.05) is 0 Å². The lowest BCUT2D eigenvalue weighted by Gasteiger charge is -2.32. The molecule has 2 fully saturated rings. The molecule has 27 heavy (non-hydrogen) atoms. The van der Waals surface area contributed by atoms with Crippen molar-refractivity contribution in [1.29, 1.82) is 0 Å². The highest BCUT2D eigenvalue weighted by atomic mass is 79.9. The molecule has 0 bridgehead atoms. The number of hydrogen-bond acceptors (Lipinski definition) is 4. The summed E-state index contributed by atoms with van der Waals surface area (Å²) in [7, 11) is 0. The molecule has 1 aliphatic carbocycles. The topological polar surface area (TPSA) is 58.6 Å². The van der Waals surface area contributed by atoms with Gasteiger partial charge in [0.15, 0.2) is 5.60 Å². The Balaban J connectivity index is 1.72. The third-order valence-electron chi connectivity index (χ3n) is 5.81. The number of hydrogen-bond donors (Lipinski definition) is 2. The maximum Gasteiger partial charge on any atom is 0.343 e. The Kier molecular flexibility index (Phi) is 6.54. The van der Waals surface area contributed by atoms with E-state index in [1.165, 1.54) is 0 Å². The van der Waals surface area contributed by atoms with Crippen LogP contribution >= 0.6 is 15.9 Å². The number of nitrogens with one attached hydrogen (secondary N) is 1. The largest absolute Gasteiger partial charge is 0.463 e. The highest BCUT2D eigenvalue weighted by Crippen LogP contribution is 2.48. The van der Waals surface area contributed by atoms with Crippen molar-refractivity contribution in [3.8, 4) is 0 Å². The van der Waals surface area contributed by atoms with Gasteiger partial charge in [-0.15, -0.1) is 0 Å². The van der Waals surface area contributed by atoms with Crippen LogP contribution in [0.5, 0.6) is 0 Å². The zero-order valence-electron chi connectivity index (χ0n) is 15.2. The molecule has 0 unspecified atom stereocenters. The van der Waals surface area contributed by atoms with Crippen molar-refractivity contribution in [1.82, 2.24) is 5.32 Å². The molecule has 1 aromatic rings. The van der Waals surface area contributed by atoms with Crippen molar-refractivity contribution in [3.05, 3.63) is 34.3 Å². The number of benzene rings is 1. The van der Waals surface area contributed by atoms with Crippen LogP contribution in [0.4, 0.5) is 8.78 Å². The Morgan fingerprint density at radius 1 is 1.26 bits per heavy atom. The second kappa shape index (κ2) is 8.53. The first-order chi connectivity index (χ1) is 12.8. The third-order valence-corrected chi connectivity index (χ3v) is 6.34. The minimum absolute atomic E-state index is 0.0863. The van der Waals surface area contributed by atoms with Crippen molar-refractivity contribution in [2.75, 3.05) is 19.7 Å². The van der Waals surface area contributed by atoms with Crippen LogP contribution in [-0.4, -0.2) is 36.7 Å². The van der Waals surface area contributed by atoms with Gasteiger partial charge in [0.2, 0.25) is 5.92 Å². The van der Waals surface area contributed by atoms with E-state index >= 15 is 0 Å². The molecule has 1 aromatic carbocycles. The van der Waals surface area contributed by atoms with Crippen LogP contribution in [0.15, 0.2) is 28.7 Å². The Morgan fingerprint density at radius 3 is 2.52 bits per heavy atom. The number of alkyl halides is 2. The SMILES string of the molecule is O=C(OCCC1CCNCC1)[C@](O)(c1ccc(Br)cc1)[C@@H]1CCC(F)(F)C1. The van der Waals surface area contributed by atoms with Crippen molar-refractivity contribution >= 4 is 21.9 Å². The molecule has 1 heterocycles. The molecule has 0 aromatic heterocycles. The van der Waals surface area contributed by atoms with Gasteiger partial charge in [-0.05, 0) is 62.4 Å². The van der Waals surface area contributed by atoms with E-state index in [-0.39, 0.29) is 19.4 Å². The van der Waals surface area contributed by atoms with Gasteiger partial charge in [-0.3, -0.25) is 0 Å². The Morgan fingerprint density at radius 2 is 1.93 bits per heavy atom. The summed E-state index contributed by atoms with van der Waals surface area (Å²) in [4.78, 5) is 12.8. The molecule has 0 spiro atoms. The summed E-state index contributed by atoms with van der Waals surface area (Å²) in [6, 6.07) is 6.56. The van der Waals surface area contributed by atoms with E-state index in [1.54, 1.807) is 24.3 Å². The number of esters is 1. The van der Waals surface area contributed by atoms with Gasteiger partial charge in [0.1, 0.15) is 0 Å². The van der Waals surface area contributed by atoms with Crippen LogP contribution in [0.1, 0.15) is 44.1 Å². The first-order valence-corrected chi connectivity index (χ1v) is 10.3. The number of ether oxygens (including phenoxy) is 1. The lowest BCUT2D eigenvalue weighted by molar-refractivity contribution is -0.175. The van der Waals surface area contributed by atoms with Crippen LogP contribution in [-0.2, 0) is 15.1 Å². The summed E-state index contributed by atoms with van der Waals surface area (Å²) in [5, 5.41) is 14.6. The normalized spacial score (nSPS) is 25.1. The van der Waals surface area contributed by atoms with Gasteiger partial charge in [0.25, 0.3) is 0 Å². The molecule has 150 valence electrons. The predicted octanol–water partition coefficient (Wildman–Crippen LogP) is 4.01. The summed E-state index contributed by atoms with van der Waals surface area (Å²) in [5.74, 6) is -4.05. The molecule has 4 nitrogen and oxygen atoms in total. The highest BCUT2D eigenvalue weighted by Gasteiger charge is 2.54. The van der Waals surface area contributed by atoms with Crippen molar-refractivity contribution in [2.45, 2.75) is 50.0 Å². The monoisotopic (exact) mass is 445 g/mol. The van der Waals surface area contributed by atoms with Crippen molar-refractivity contribution < 1.29 is 23.4 Å². The third kappa shape index (κ3) is 4.87. The van der Waals surface area contributed by atoms with Crippen molar-refractivity contribution in [3.63, 3.8) is 0 Å². The van der Waals surface area contributed by atoms with E-state index in [0.29, 0.717) is 11.5 Å². The molecule has 2 atom stereocenters. The maximum atomic E-state index is 13.8. The van der Waals surface area contributed by atoms with Crippen LogP contribution in [0, 0.1) is 11.8 Å². The van der Waals surface area contributed by atoms with Gasteiger partial charge in [-0.2, -0.15) is 0 Å². The van der Waals surface area contributed by atoms with E-state index in [2.05, 4.69) is 21.2 Å². The molecule has 7 heteroatoms. The summed E-state index contributed by atoms with van der Waals surface area (Å²) < 4.78 is 33.8. The zero-order chi connectivity index (χ0) is 19.5. The van der Waals surface area contributed by atoms with Gasteiger partial charge in [0.05, 0.1) is 6.61 Å². The fourth-order valence-electron chi connectivity index (χ4n) is 4.13. The Hall–Kier alpha value is -1.05. The number of rotatable bonds is 6. The number of carbonyl (C=O) groups is 1. The average molecular weight is 446 g/mol. The van der Waals surface area contributed by atoms with Gasteiger partial charge in [0, 0.05) is 23.2 Å². The number of aliphatic hydroxyl groups is 1. The van der Waals surface area contributed by atoms with E-state index < -0.39 is 29.8 Å². The maximum absolute atomic E-state index is 13.8. The summed E-state index contributed by atoms with van der Waals surface area (Å²) in [6.45, 7) is 2.11. The quantitative estimate of drug-likeness (QED) is 0.649. The Labute approximate surface area is 166 Å². The van der Waals surface area contributed by atoms with E-state index in [9.17, 15) is 18.7 Å². The smallest absolute Gasteiger partial charge is 0.343 e. The first-order valence-electron chi connectivity index (χ1n) is 9.55. The van der Waals surface area contributed by atoms with Gasteiger partial charge in [-0.25, -0.2) is 13.6 Å². The molecule has 2 N–H and O–H groups in total. The predicted molar refractivity (Wildman–Crippen MR) is 101 cm³/mol.